The predicted molar refractivity (Wildman–Crippen MR) is 116 cm³/mol. The second-order valence-corrected chi connectivity index (χ2v) is 7.04. The van der Waals surface area contributed by atoms with Gasteiger partial charge in [-0.3, -0.25) is 24.9 Å². The van der Waals surface area contributed by atoms with Gasteiger partial charge < -0.3 is 16.0 Å². The van der Waals surface area contributed by atoms with Gasteiger partial charge in [-0.25, -0.2) is 14.6 Å². The molecule has 4 N–H and O–H groups in total. The summed E-state index contributed by atoms with van der Waals surface area (Å²) in [5.41, 5.74) is 3.71. The number of likely N-dealkylation sites (N-methyl/N-ethyl adjacent to an activating group) is 1. The number of rotatable bonds is 7. The molecule has 1 unspecified atom stereocenters. The number of nitrogens with one attached hydrogen (secondary N) is 4. The van der Waals surface area contributed by atoms with Crippen LogP contribution < -0.4 is 21.4 Å². The van der Waals surface area contributed by atoms with E-state index in [1.807, 2.05) is 6.92 Å². The molecule has 166 valence electrons. The third-order valence-corrected chi connectivity index (χ3v) is 5.11. The van der Waals surface area contributed by atoms with E-state index in [4.69, 9.17) is 4.84 Å². The van der Waals surface area contributed by atoms with Crippen LogP contribution in [0.4, 0.5) is 11.5 Å². The molecule has 12 heteroatoms. The van der Waals surface area contributed by atoms with Crippen molar-refractivity contribution in [2.45, 2.75) is 25.5 Å². The lowest BCUT2D eigenvalue weighted by Gasteiger charge is -2.22. The molecular weight excluding hydrogens is 414 g/mol. The Morgan fingerprint density at radius 1 is 1.16 bits per heavy atom. The van der Waals surface area contributed by atoms with Crippen molar-refractivity contribution < 1.29 is 14.4 Å². The average Bonchev–Trinajstić information content (AvgIpc) is 3.44. The highest BCUT2D eigenvalue weighted by molar-refractivity contribution is 6.00. The Bertz CT molecular complexity index is 1190. The van der Waals surface area contributed by atoms with E-state index in [-0.39, 0.29) is 12.3 Å². The number of anilines is 2. The van der Waals surface area contributed by atoms with E-state index in [1.165, 1.54) is 14.1 Å². The van der Waals surface area contributed by atoms with E-state index in [2.05, 4.69) is 41.5 Å². The van der Waals surface area contributed by atoms with E-state index in [1.54, 1.807) is 41.7 Å². The number of hydrogen-bond acceptors (Lipinski definition) is 9. The van der Waals surface area contributed by atoms with Crippen molar-refractivity contribution in [2.24, 2.45) is 0 Å². The first kappa shape index (κ1) is 21.2. The second-order valence-electron chi connectivity index (χ2n) is 7.04. The van der Waals surface area contributed by atoms with Gasteiger partial charge in [0.2, 0.25) is 11.5 Å². The van der Waals surface area contributed by atoms with Crippen LogP contribution in [0, 0.1) is 0 Å². The second kappa shape index (κ2) is 8.59. The third-order valence-electron chi connectivity index (χ3n) is 5.11. The summed E-state index contributed by atoms with van der Waals surface area (Å²) in [5.74, 6) is -0.281. The van der Waals surface area contributed by atoms with Gasteiger partial charge in [0.05, 0.1) is 35.6 Å². The Morgan fingerprint density at radius 2 is 2.00 bits per heavy atom. The maximum absolute atomic E-state index is 12.6. The summed E-state index contributed by atoms with van der Waals surface area (Å²) in [6.07, 6.45) is 9.48. The number of carbonyl (C=O) groups is 2. The zero-order valence-corrected chi connectivity index (χ0v) is 17.8. The number of aromatic nitrogens is 5. The molecule has 2 amide bonds. The molecule has 3 aromatic rings. The van der Waals surface area contributed by atoms with Crippen molar-refractivity contribution in [3.63, 3.8) is 0 Å². The summed E-state index contributed by atoms with van der Waals surface area (Å²) in [7, 11) is 2.98. The number of fused-ring (bicyclic) bond motifs is 1. The quantitative estimate of drug-likeness (QED) is 0.414. The van der Waals surface area contributed by atoms with Gasteiger partial charge in [-0.2, -0.15) is 5.10 Å². The van der Waals surface area contributed by atoms with Crippen molar-refractivity contribution in [3.05, 3.63) is 42.6 Å². The molecule has 32 heavy (non-hydrogen) atoms. The molecule has 4 heterocycles. The minimum atomic E-state index is -1.52. The predicted octanol–water partition coefficient (Wildman–Crippen LogP) is 0.481. The van der Waals surface area contributed by atoms with Crippen LogP contribution in [-0.2, 0) is 21.0 Å². The highest BCUT2D eigenvalue weighted by atomic mass is 16.7. The number of aryl methyl sites for hydroxylation is 1. The summed E-state index contributed by atoms with van der Waals surface area (Å²) in [4.78, 5) is 43.3. The highest BCUT2D eigenvalue weighted by Gasteiger charge is 2.44. The maximum Gasteiger partial charge on any atom is 0.259 e. The number of carbonyl (C=O) groups excluding carboxylic acids is 2. The molecule has 0 saturated heterocycles. The molecule has 1 aliphatic rings. The normalized spacial score (nSPS) is 17.5. The molecule has 0 aromatic carbocycles. The van der Waals surface area contributed by atoms with Crippen LogP contribution in [-0.4, -0.2) is 56.2 Å². The van der Waals surface area contributed by atoms with Crippen LogP contribution in [0.2, 0.25) is 0 Å². The number of amides is 2. The lowest BCUT2D eigenvalue weighted by molar-refractivity contribution is -0.148. The lowest BCUT2D eigenvalue weighted by atomic mass is 9.95. The molecular formula is C20H23N9O3. The molecule has 1 atom stereocenters. The minimum Gasteiger partial charge on any atom is -0.359 e. The van der Waals surface area contributed by atoms with E-state index >= 15 is 0 Å². The van der Waals surface area contributed by atoms with Gasteiger partial charge in [0, 0.05) is 44.8 Å². The molecule has 12 nitrogen and oxygen atoms in total. The van der Waals surface area contributed by atoms with E-state index in [0.29, 0.717) is 35.0 Å². The topological polar surface area (TPSA) is 148 Å². The monoisotopic (exact) mass is 437 g/mol. The largest absolute Gasteiger partial charge is 0.359 e. The first-order valence-corrected chi connectivity index (χ1v) is 9.99. The molecule has 0 fully saturated rings. The van der Waals surface area contributed by atoms with E-state index < -0.39 is 11.5 Å². The zero-order valence-electron chi connectivity index (χ0n) is 17.8. The van der Waals surface area contributed by atoms with Gasteiger partial charge in [0.15, 0.2) is 5.65 Å². The zero-order chi connectivity index (χ0) is 22.7. The van der Waals surface area contributed by atoms with Crippen molar-refractivity contribution in [1.29, 1.82) is 0 Å². The van der Waals surface area contributed by atoms with Crippen molar-refractivity contribution in [2.75, 3.05) is 19.4 Å². The number of hydrogen-bond donors (Lipinski definition) is 4. The lowest BCUT2D eigenvalue weighted by Crippen LogP contribution is -2.48. The van der Waals surface area contributed by atoms with Gasteiger partial charge >= 0.3 is 0 Å². The molecule has 1 aliphatic heterocycles. The van der Waals surface area contributed by atoms with Gasteiger partial charge in [0.25, 0.3) is 5.91 Å². The fourth-order valence-electron chi connectivity index (χ4n) is 3.48. The van der Waals surface area contributed by atoms with Crippen molar-refractivity contribution in [1.82, 2.24) is 40.8 Å². The van der Waals surface area contributed by atoms with Crippen LogP contribution in [0.5, 0.6) is 0 Å². The fraction of sp³-hybridized carbons (Fsp3) is 0.300. The highest BCUT2D eigenvalue weighted by Crippen LogP contribution is 2.36. The Balaban J connectivity index is 1.84. The van der Waals surface area contributed by atoms with Gasteiger partial charge in [0.1, 0.15) is 5.82 Å². The Labute approximate surface area is 183 Å². The molecule has 0 aliphatic carbocycles. The van der Waals surface area contributed by atoms with Crippen LogP contribution >= 0.6 is 0 Å². The Hall–Kier alpha value is -4.06. The van der Waals surface area contributed by atoms with Crippen molar-refractivity contribution >= 4 is 40.1 Å². The molecule has 0 radical (unpaired) electrons. The number of hydroxylamine groups is 1. The Morgan fingerprint density at radius 3 is 2.69 bits per heavy atom. The first-order chi connectivity index (χ1) is 15.5. The van der Waals surface area contributed by atoms with E-state index in [0.717, 1.165) is 5.39 Å². The minimum absolute atomic E-state index is 0.198. The average molecular weight is 437 g/mol. The summed E-state index contributed by atoms with van der Waals surface area (Å²) >= 11 is 0. The van der Waals surface area contributed by atoms with E-state index in [9.17, 15) is 9.59 Å². The van der Waals surface area contributed by atoms with Crippen LogP contribution in [0.15, 0.2) is 37.1 Å². The molecule has 0 spiro atoms. The maximum atomic E-state index is 12.6. The summed E-state index contributed by atoms with van der Waals surface area (Å²) in [6, 6.07) is 0. The van der Waals surface area contributed by atoms with Crippen molar-refractivity contribution in [3.8, 4) is 0 Å². The Kier molecular flexibility index (Phi) is 5.69. The molecule has 4 rings (SSSR count). The van der Waals surface area contributed by atoms with Crippen LogP contribution in [0.3, 0.4) is 0 Å². The molecule has 0 bridgehead atoms. The number of pyridine rings is 1. The first-order valence-electron chi connectivity index (χ1n) is 9.99. The smallest absolute Gasteiger partial charge is 0.259 e. The van der Waals surface area contributed by atoms with Gasteiger partial charge in [-0.1, -0.05) is 0 Å². The fourth-order valence-corrected chi connectivity index (χ4v) is 3.48. The van der Waals surface area contributed by atoms with Gasteiger partial charge in [-0.15, -0.1) is 0 Å². The molecule has 0 saturated carbocycles. The van der Waals surface area contributed by atoms with Crippen LogP contribution in [0.25, 0.3) is 16.7 Å². The summed E-state index contributed by atoms with van der Waals surface area (Å²) in [6.45, 7) is 2.62. The van der Waals surface area contributed by atoms with Crippen LogP contribution in [0.1, 0.15) is 18.9 Å². The number of nitrogens with zero attached hydrogens (tertiary/aromatic N) is 5. The summed E-state index contributed by atoms with van der Waals surface area (Å²) < 4.78 is 1.77. The third kappa shape index (κ3) is 3.71. The van der Waals surface area contributed by atoms with Gasteiger partial charge in [-0.05, 0) is 13.0 Å². The summed E-state index contributed by atoms with van der Waals surface area (Å²) in [5, 5.41) is 13.5. The SMILES string of the molecule is CCn1ncc2c(Nc3cnccn3)c(C3=CC(CC(=O)NC)(C(=O)NC)ON3)cnc21. The standard InChI is InChI=1S/C20H23N9O3/c1-4-29-18-13(10-26-29)17(27-15-11-23-5-6-24-15)12(9-25-18)14-7-20(32-28-14,19(31)22-3)8-16(30)21-2/h5-7,9-11,28H,4,8H2,1-3H3,(H,21,30)(H,22,31)(H,24,25,27). The molecule has 3 aromatic heterocycles.